The van der Waals surface area contributed by atoms with Crippen LogP contribution in [0.1, 0.15) is 18.4 Å². The summed E-state index contributed by atoms with van der Waals surface area (Å²) >= 11 is 12.1. The van der Waals surface area contributed by atoms with Gasteiger partial charge in [-0.1, -0.05) is 35.3 Å². The number of nitrogens with zero attached hydrogens (tertiary/aromatic N) is 2. The van der Waals surface area contributed by atoms with Crippen molar-refractivity contribution in [3.05, 3.63) is 58.1 Å². The van der Waals surface area contributed by atoms with Crippen LogP contribution in [0.5, 0.6) is 0 Å². The quantitative estimate of drug-likeness (QED) is 0.543. The molecular weight excluding hydrogens is 549 g/mol. The van der Waals surface area contributed by atoms with Crippen molar-refractivity contribution in [1.82, 2.24) is 13.9 Å². The summed E-state index contributed by atoms with van der Waals surface area (Å²) in [4.78, 5) is 12.9. The van der Waals surface area contributed by atoms with Crippen LogP contribution in [0.3, 0.4) is 0 Å². The summed E-state index contributed by atoms with van der Waals surface area (Å²) in [6.07, 6.45) is 1.08. The smallest absolute Gasteiger partial charge is 0.244 e. The van der Waals surface area contributed by atoms with Crippen LogP contribution in [0.25, 0.3) is 0 Å². The van der Waals surface area contributed by atoms with Gasteiger partial charge in [0.15, 0.2) is 0 Å². The number of halogens is 2. The largest absolute Gasteiger partial charge is 0.379 e. The fraction of sp³-hybridized carbons (Fsp3) is 0.435. The molecule has 1 amide bonds. The molecule has 9 nitrogen and oxygen atoms in total. The molecule has 1 unspecified atom stereocenters. The van der Waals surface area contributed by atoms with Crippen LogP contribution in [0.2, 0.25) is 10.0 Å². The van der Waals surface area contributed by atoms with Gasteiger partial charge < -0.3 is 10.1 Å². The molecule has 36 heavy (non-hydrogen) atoms. The number of hydrogen-bond donors (Lipinski definition) is 1. The fourth-order valence-electron chi connectivity index (χ4n) is 4.24. The fourth-order valence-corrected chi connectivity index (χ4v) is 7.91. The second-order valence-electron chi connectivity index (χ2n) is 8.66. The van der Waals surface area contributed by atoms with Crippen molar-refractivity contribution < 1.29 is 26.4 Å². The van der Waals surface area contributed by atoms with Gasteiger partial charge in [-0.3, -0.25) is 4.79 Å². The summed E-state index contributed by atoms with van der Waals surface area (Å²) in [7, 11) is -7.50. The third kappa shape index (κ3) is 6.04. The van der Waals surface area contributed by atoms with Crippen LogP contribution < -0.4 is 5.32 Å². The summed E-state index contributed by atoms with van der Waals surface area (Å²) in [6, 6.07) is 10.6. The number of benzene rings is 2. The molecule has 2 aliphatic rings. The van der Waals surface area contributed by atoms with Crippen LogP contribution in [0.4, 0.5) is 0 Å². The zero-order valence-electron chi connectivity index (χ0n) is 19.4. The standard InChI is InChI=1S/C23H27Cl2N3O6S2/c24-19-5-8-21(25)22(14-19)36(32,33)28-9-1-2-18(16-28)23(29)26-15-17-3-6-20(7-4-17)35(30,31)27-10-12-34-13-11-27/h3-8,14,18H,1-2,9-13,15-16H2,(H,26,29). The van der Waals surface area contributed by atoms with Crippen molar-refractivity contribution >= 4 is 49.2 Å². The van der Waals surface area contributed by atoms with Crippen molar-refractivity contribution in [2.24, 2.45) is 5.92 Å². The number of hydrogen-bond acceptors (Lipinski definition) is 6. The van der Waals surface area contributed by atoms with Gasteiger partial charge in [0.2, 0.25) is 26.0 Å². The minimum Gasteiger partial charge on any atom is -0.379 e. The Balaban J connectivity index is 1.37. The lowest BCUT2D eigenvalue weighted by Gasteiger charge is -2.31. The number of morpholine rings is 1. The second-order valence-corrected chi connectivity index (χ2v) is 13.3. The van der Waals surface area contributed by atoms with E-state index < -0.39 is 26.0 Å². The second kappa shape index (κ2) is 11.3. The van der Waals surface area contributed by atoms with E-state index in [0.717, 1.165) is 5.56 Å². The third-order valence-electron chi connectivity index (χ3n) is 6.26. The Morgan fingerprint density at radius 2 is 1.64 bits per heavy atom. The Morgan fingerprint density at radius 1 is 0.944 bits per heavy atom. The molecule has 0 radical (unpaired) electrons. The molecule has 2 aromatic carbocycles. The summed E-state index contributed by atoms with van der Waals surface area (Å²) in [5.41, 5.74) is 0.732. The molecule has 1 atom stereocenters. The van der Waals surface area contributed by atoms with E-state index in [4.69, 9.17) is 27.9 Å². The van der Waals surface area contributed by atoms with Crippen LogP contribution in [0.15, 0.2) is 52.3 Å². The molecule has 0 aromatic heterocycles. The molecule has 2 heterocycles. The molecule has 2 aliphatic heterocycles. The molecule has 196 valence electrons. The highest BCUT2D eigenvalue weighted by Crippen LogP contribution is 2.30. The van der Waals surface area contributed by atoms with Crippen LogP contribution >= 0.6 is 23.2 Å². The van der Waals surface area contributed by atoms with Crippen LogP contribution in [-0.2, 0) is 36.1 Å². The number of ether oxygens (including phenoxy) is 1. The first-order valence-corrected chi connectivity index (χ1v) is 15.1. The maximum Gasteiger partial charge on any atom is 0.244 e. The van der Waals surface area contributed by atoms with Gasteiger partial charge in [0.25, 0.3) is 0 Å². The predicted molar refractivity (Wildman–Crippen MR) is 136 cm³/mol. The highest BCUT2D eigenvalue weighted by molar-refractivity contribution is 7.89. The van der Waals surface area contributed by atoms with Gasteiger partial charge in [-0.15, -0.1) is 0 Å². The Labute approximate surface area is 221 Å². The van der Waals surface area contributed by atoms with E-state index in [2.05, 4.69) is 5.32 Å². The topological polar surface area (TPSA) is 113 Å². The lowest BCUT2D eigenvalue weighted by atomic mass is 9.99. The Hall–Kier alpha value is -1.73. The van der Waals surface area contributed by atoms with Gasteiger partial charge in [-0.25, -0.2) is 16.8 Å². The molecule has 4 rings (SSSR count). The molecule has 0 saturated carbocycles. The highest BCUT2D eigenvalue weighted by atomic mass is 35.5. The van der Waals surface area contributed by atoms with Crippen molar-refractivity contribution in [3.8, 4) is 0 Å². The maximum absolute atomic E-state index is 13.1. The summed E-state index contributed by atoms with van der Waals surface area (Å²) in [5.74, 6) is -0.787. The summed E-state index contributed by atoms with van der Waals surface area (Å²) < 4.78 is 59.6. The normalized spacial score (nSPS) is 20.2. The molecule has 0 bridgehead atoms. The average Bonchev–Trinajstić information content (AvgIpc) is 2.89. The van der Waals surface area contributed by atoms with Gasteiger partial charge in [0.05, 0.1) is 29.0 Å². The molecule has 13 heteroatoms. The number of carbonyl (C=O) groups excluding carboxylic acids is 1. The first-order chi connectivity index (χ1) is 17.1. The van der Waals surface area contributed by atoms with E-state index in [9.17, 15) is 21.6 Å². The van der Waals surface area contributed by atoms with Gasteiger partial charge >= 0.3 is 0 Å². The Morgan fingerprint density at radius 3 is 2.33 bits per heavy atom. The monoisotopic (exact) mass is 575 g/mol. The van der Waals surface area contributed by atoms with Gasteiger partial charge in [0.1, 0.15) is 4.90 Å². The predicted octanol–water partition coefficient (Wildman–Crippen LogP) is 2.73. The highest BCUT2D eigenvalue weighted by Gasteiger charge is 2.34. The zero-order valence-corrected chi connectivity index (χ0v) is 22.5. The van der Waals surface area contributed by atoms with E-state index in [1.54, 1.807) is 12.1 Å². The molecular formula is C23H27Cl2N3O6S2. The molecule has 2 fully saturated rings. The minimum absolute atomic E-state index is 0.0355. The molecule has 1 N–H and O–H groups in total. The number of carbonyl (C=O) groups is 1. The molecule has 0 aliphatic carbocycles. The molecule has 0 spiro atoms. The van der Waals surface area contributed by atoms with E-state index in [-0.39, 0.29) is 45.4 Å². The number of sulfonamides is 2. The van der Waals surface area contributed by atoms with E-state index >= 15 is 0 Å². The van der Waals surface area contributed by atoms with E-state index in [0.29, 0.717) is 39.1 Å². The van der Waals surface area contributed by atoms with Crippen molar-refractivity contribution in [2.45, 2.75) is 29.2 Å². The summed E-state index contributed by atoms with van der Waals surface area (Å²) in [5, 5.41) is 3.17. The minimum atomic E-state index is -3.91. The van der Waals surface area contributed by atoms with Gasteiger partial charge in [-0.2, -0.15) is 8.61 Å². The Bertz CT molecular complexity index is 1310. The number of nitrogens with one attached hydrogen (secondary N) is 1. The SMILES string of the molecule is O=C(NCc1ccc(S(=O)(=O)N2CCOCC2)cc1)C1CCCN(S(=O)(=O)c2cc(Cl)ccc2Cl)C1. The molecule has 2 aromatic rings. The summed E-state index contributed by atoms with van der Waals surface area (Å²) in [6.45, 7) is 1.89. The zero-order chi connectivity index (χ0) is 25.9. The first-order valence-electron chi connectivity index (χ1n) is 11.5. The van der Waals surface area contributed by atoms with Gasteiger partial charge in [-0.05, 0) is 48.7 Å². The van der Waals surface area contributed by atoms with E-state index in [1.165, 1.54) is 38.9 Å². The molecule has 2 saturated heterocycles. The number of amides is 1. The first kappa shape index (κ1) is 27.3. The Kier molecular flexibility index (Phi) is 8.60. The number of rotatable bonds is 7. The van der Waals surface area contributed by atoms with Crippen LogP contribution in [-0.4, -0.2) is 70.7 Å². The lowest BCUT2D eigenvalue weighted by molar-refractivity contribution is -0.126. The van der Waals surface area contributed by atoms with Gasteiger partial charge in [0, 0.05) is 37.7 Å². The third-order valence-corrected chi connectivity index (χ3v) is 10.8. The average molecular weight is 577 g/mol. The lowest BCUT2D eigenvalue weighted by Crippen LogP contribution is -2.45. The van der Waals surface area contributed by atoms with Crippen LogP contribution in [0, 0.1) is 5.92 Å². The number of piperidine rings is 1. The van der Waals surface area contributed by atoms with Crippen molar-refractivity contribution in [2.75, 3.05) is 39.4 Å². The maximum atomic E-state index is 13.1. The van der Waals surface area contributed by atoms with Crippen molar-refractivity contribution in [1.29, 1.82) is 0 Å². The van der Waals surface area contributed by atoms with Crippen molar-refractivity contribution in [3.63, 3.8) is 0 Å². The van der Waals surface area contributed by atoms with E-state index in [1.807, 2.05) is 0 Å².